The molecule has 172 valence electrons. The SMILES string of the molecule is C[C@@H]1C[C@@H](C(=O)NCc2ccc(Cl)cc2)N(C(=O)C2C=C(c3ccc(CO)cc3)C=CC2)C1. The van der Waals surface area contributed by atoms with E-state index in [1.807, 2.05) is 54.6 Å². The second-order valence-electron chi connectivity index (χ2n) is 8.91. The first kappa shape index (κ1) is 23.3. The zero-order chi connectivity index (χ0) is 23.4. The predicted octanol–water partition coefficient (Wildman–Crippen LogP) is 4.35. The van der Waals surface area contributed by atoms with Crippen molar-refractivity contribution in [1.82, 2.24) is 10.2 Å². The smallest absolute Gasteiger partial charge is 0.243 e. The Morgan fingerprint density at radius 3 is 2.48 bits per heavy atom. The van der Waals surface area contributed by atoms with Gasteiger partial charge < -0.3 is 15.3 Å². The molecule has 2 aliphatic rings. The fourth-order valence-corrected chi connectivity index (χ4v) is 4.64. The highest BCUT2D eigenvalue weighted by atomic mass is 35.5. The number of nitrogens with one attached hydrogen (secondary N) is 1. The lowest BCUT2D eigenvalue weighted by Gasteiger charge is -2.28. The molecule has 33 heavy (non-hydrogen) atoms. The summed E-state index contributed by atoms with van der Waals surface area (Å²) in [4.78, 5) is 28.2. The fourth-order valence-electron chi connectivity index (χ4n) is 4.51. The van der Waals surface area contributed by atoms with E-state index in [0.717, 1.165) is 22.3 Å². The Kier molecular flexibility index (Phi) is 7.31. The van der Waals surface area contributed by atoms with Gasteiger partial charge in [-0.15, -0.1) is 0 Å². The molecule has 0 spiro atoms. The van der Waals surface area contributed by atoms with Crippen LogP contribution in [0.1, 0.15) is 36.5 Å². The lowest BCUT2D eigenvalue weighted by atomic mass is 9.91. The van der Waals surface area contributed by atoms with Crippen LogP contribution >= 0.6 is 11.6 Å². The van der Waals surface area contributed by atoms with E-state index < -0.39 is 6.04 Å². The zero-order valence-corrected chi connectivity index (χ0v) is 19.5. The number of nitrogens with zero attached hydrogens (tertiary/aromatic N) is 1. The summed E-state index contributed by atoms with van der Waals surface area (Å²) in [6, 6.07) is 14.6. The maximum absolute atomic E-state index is 13.5. The number of aliphatic hydroxyl groups is 1. The number of allylic oxidation sites excluding steroid dienone is 3. The van der Waals surface area contributed by atoms with E-state index in [1.54, 1.807) is 17.0 Å². The molecule has 2 amide bonds. The highest BCUT2D eigenvalue weighted by Crippen LogP contribution is 2.30. The van der Waals surface area contributed by atoms with Crippen LogP contribution in [0.25, 0.3) is 5.57 Å². The molecule has 6 heteroatoms. The first-order valence-corrected chi connectivity index (χ1v) is 11.7. The van der Waals surface area contributed by atoms with Gasteiger partial charge >= 0.3 is 0 Å². The average Bonchev–Trinajstić information content (AvgIpc) is 3.25. The van der Waals surface area contributed by atoms with Gasteiger partial charge in [0.25, 0.3) is 0 Å². The van der Waals surface area contributed by atoms with Crippen LogP contribution in [0.5, 0.6) is 0 Å². The number of carbonyl (C=O) groups is 2. The fraction of sp³-hybridized carbons (Fsp3) is 0.333. The van der Waals surface area contributed by atoms with Crippen LogP contribution in [0.3, 0.4) is 0 Å². The third kappa shape index (κ3) is 5.55. The topological polar surface area (TPSA) is 69.6 Å². The Morgan fingerprint density at radius 2 is 1.79 bits per heavy atom. The predicted molar refractivity (Wildman–Crippen MR) is 130 cm³/mol. The van der Waals surface area contributed by atoms with Crippen LogP contribution in [-0.2, 0) is 22.7 Å². The van der Waals surface area contributed by atoms with Crippen molar-refractivity contribution in [2.45, 2.75) is 39.0 Å². The van der Waals surface area contributed by atoms with Gasteiger partial charge in [-0.3, -0.25) is 9.59 Å². The summed E-state index contributed by atoms with van der Waals surface area (Å²) in [6.07, 6.45) is 7.34. The number of hydrogen-bond donors (Lipinski definition) is 2. The van der Waals surface area contributed by atoms with E-state index in [2.05, 4.69) is 12.2 Å². The highest BCUT2D eigenvalue weighted by Gasteiger charge is 2.39. The molecule has 2 aromatic carbocycles. The summed E-state index contributed by atoms with van der Waals surface area (Å²) in [6.45, 7) is 3.08. The number of amides is 2. The summed E-state index contributed by atoms with van der Waals surface area (Å²) >= 11 is 5.93. The monoisotopic (exact) mass is 464 g/mol. The maximum Gasteiger partial charge on any atom is 0.243 e. The normalized spacial score (nSPS) is 22.2. The Bertz CT molecular complexity index is 1060. The van der Waals surface area contributed by atoms with Gasteiger partial charge in [0.05, 0.1) is 12.5 Å². The first-order chi connectivity index (χ1) is 15.9. The van der Waals surface area contributed by atoms with E-state index in [0.29, 0.717) is 31.0 Å². The molecule has 1 saturated heterocycles. The van der Waals surface area contributed by atoms with Crippen LogP contribution in [0.2, 0.25) is 5.02 Å². The Balaban J connectivity index is 1.44. The van der Waals surface area contributed by atoms with Crippen molar-refractivity contribution in [3.8, 4) is 0 Å². The van der Waals surface area contributed by atoms with E-state index >= 15 is 0 Å². The van der Waals surface area contributed by atoms with Gasteiger partial charge in [-0.05, 0) is 53.2 Å². The van der Waals surface area contributed by atoms with Gasteiger partial charge in [-0.25, -0.2) is 0 Å². The summed E-state index contributed by atoms with van der Waals surface area (Å²) in [7, 11) is 0. The van der Waals surface area contributed by atoms with E-state index in [1.165, 1.54) is 0 Å². The Labute approximate surface area is 199 Å². The lowest BCUT2D eigenvalue weighted by Crippen LogP contribution is -2.47. The summed E-state index contributed by atoms with van der Waals surface area (Å²) in [5.41, 5.74) is 3.81. The van der Waals surface area contributed by atoms with Gasteiger partial charge in [0.1, 0.15) is 6.04 Å². The zero-order valence-electron chi connectivity index (χ0n) is 18.7. The number of carbonyl (C=O) groups excluding carboxylic acids is 2. The van der Waals surface area contributed by atoms with Crippen molar-refractivity contribution in [3.63, 3.8) is 0 Å². The Morgan fingerprint density at radius 1 is 1.09 bits per heavy atom. The molecular formula is C27H29ClN2O3. The third-order valence-corrected chi connectivity index (χ3v) is 6.58. The van der Waals surface area contributed by atoms with Crippen LogP contribution in [0.4, 0.5) is 0 Å². The van der Waals surface area contributed by atoms with Crippen molar-refractivity contribution in [1.29, 1.82) is 0 Å². The number of rotatable bonds is 6. The molecule has 0 radical (unpaired) electrons. The lowest BCUT2D eigenvalue weighted by molar-refractivity contribution is -0.140. The van der Waals surface area contributed by atoms with Crippen LogP contribution in [-0.4, -0.2) is 34.4 Å². The molecule has 1 heterocycles. The summed E-state index contributed by atoms with van der Waals surface area (Å²) < 4.78 is 0. The molecule has 0 aromatic heterocycles. The minimum absolute atomic E-state index is 0.000165. The molecule has 1 aliphatic carbocycles. The van der Waals surface area contributed by atoms with Crippen molar-refractivity contribution < 1.29 is 14.7 Å². The van der Waals surface area contributed by atoms with Crippen molar-refractivity contribution >= 4 is 29.0 Å². The third-order valence-electron chi connectivity index (χ3n) is 6.33. The molecule has 2 aromatic rings. The number of benzene rings is 2. The molecule has 0 bridgehead atoms. The standard InChI is InChI=1S/C27H29ClN2O3/c1-18-13-25(26(32)29-15-19-7-11-24(28)12-8-19)30(16-18)27(33)23-4-2-3-22(14-23)21-9-5-20(17-31)6-10-21/h2-3,5-12,14,18,23,25,31H,4,13,15-17H2,1H3,(H,29,32)/t18-,23?,25+/m1/s1. The molecule has 2 N–H and O–H groups in total. The highest BCUT2D eigenvalue weighted by molar-refractivity contribution is 6.30. The van der Waals surface area contributed by atoms with Gasteiger partial charge in [0.15, 0.2) is 0 Å². The van der Waals surface area contributed by atoms with Crippen molar-refractivity contribution in [2.75, 3.05) is 6.54 Å². The minimum Gasteiger partial charge on any atom is -0.392 e. The van der Waals surface area contributed by atoms with E-state index in [4.69, 9.17) is 11.6 Å². The van der Waals surface area contributed by atoms with Gasteiger partial charge in [-0.2, -0.15) is 0 Å². The minimum atomic E-state index is -0.452. The largest absolute Gasteiger partial charge is 0.392 e. The molecule has 0 saturated carbocycles. The quantitative estimate of drug-likeness (QED) is 0.668. The molecule has 1 fully saturated rings. The second kappa shape index (κ2) is 10.4. The molecule has 1 aliphatic heterocycles. The average molecular weight is 465 g/mol. The Hall–Kier alpha value is -2.89. The van der Waals surface area contributed by atoms with Crippen molar-refractivity contribution in [3.05, 3.63) is 88.5 Å². The molecule has 1 unspecified atom stereocenters. The number of aliphatic hydroxyl groups excluding tert-OH is 1. The van der Waals surface area contributed by atoms with E-state index in [9.17, 15) is 14.7 Å². The molecule has 4 rings (SSSR count). The maximum atomic E-state index is 13.5. The number of hydrogen-bond acceptors (Lipinski definition) is 3. The molecule has 3 atom stereocenters. The summed E-state index contributed by atoms with van der Waals surface area (Å²) in [5, 5.41) is 12.9. The van der Waals surface area contributed by atoms with Crippen LogP contribution < -0.4 is 5.32 Å². The van der Waals surface area contributed by atoms with Gasteiger partial charge in [0, 0.05) is 18.1 Å². The molecular weight excluding hydrogens is 436 g/mol. The van der Waals surface area contributed by atoms with Crippen molar-refractivity contribution in [2.24, 2.45) is 11.8 Å². The number of halogens is 1. The van der Waals surface area contributed by atoms with Crippen LogP contribution in [0, 0.1) is 11.8 Å². The number of likely N-dealkylation sites (tertiary alicyclic amines) is 1. The summed E-state index contributed by atoms with van der Waals surface area (Å²) in [5.74, 6) is -0.133. The van der Waals surface area contributed by atoms with E-state index in [-0.39, 0.29) is 30.3 Å². The van der Waals surface area contributed by atoms with Crippen LogP contribution in [0.15, 0.2) is 66.8 Å². The van der Waals surface area contributed by atoms with Gasteiger partial charge in [0.2, 0.25) is 11.8 Å². The molecule has 5 nitrogen and oxygen atoms in total. The van der Waals surface area contributed by atoms with Gasteiger partial charge in [-0.1, -0.05) is 73.2 Å². The second-order valence-corrected chi connectivity index (χ2v) is 9.35. The first-order valence-electron chi connectivity index (χ1n) is 11.4.